The van der Waals surface area contributed by atoms with Crippen LogP contribution in [-0.4, -0.2) is 23.4 Å². The van der Waals surface area contributed by atoms with Gasteiger partial charge in [-0.25, -0.2) is 0 Å². The number of hydrogen-bond donors (Lipinski definition) is 0. The molecule has 0 aliphatic heterocycles. The Hall–Kier alpha value is 0.920. The number of halogens is 2. The Morgan fingerprint density at radius 1 is 1.06 bits per heavy atom. The van der Waals surface area contributed by atoms with E-state index in [-0.39, 0.29) is 5.60 Å². The van der Waals surface area contributed by atoms with Gasteiger partial charge in [0.15, 0.2) is 0 Å². The largest absolute Gasteiger partial charge is 0.379 e. The highest BCUT2D eigenvalue weighted by molar-refractivity contribution is 9.09. The zero-order valence-corrected chi connectivity index (χ0v) is 14.6. The summed E-state index contributed by atoms with van der Waals surface area (Å²) in [6.07, 6.45) is 8.03. The molecule has 1 aliphatic carbocycles. The Morgan fingerprint density at radius 2 is 1.59 bits per heavy atom. The van der Waals surface area contributed by atoms with Crippen molar-refractivity contribution < 1.29 is 4.74 Å². The van der Waals surface area contributed by atoms with E-state index >= 15 is 0 Å². The van der Waals surface area contributed by atoms with Crippen molar-refractivity contribution >= 4 is 31.9 Å². The molecular weight excluding hydrogens is 344 g/mol. The van der Waals surface area contributed by atoms with Gasteiger partial charge in [0.1, 0.15) is 0 Å². The highest BCUT2D eigenvalue weighted by atomic mass is 79.9. The fourth-order valence-electron chi connectivity index (χ4n) is 2.78. The van der Waals surface area contributed by atoms with Gasteiger partial charge in [-0.05, 0) is 50.9 Å². The molecule has 3 heteroatoms. The Kier molecular flexibility index (Phi) is 6.49. The molecule has 102 valence electrons. The van der Waals surface area contributed by atoms with Crippen LogP contribution >= 0.6 is 31.9 Å². The lowest BCUT2D eigenvalue weighted by Gasteiger charge is -2.38. The van der Waals surface area contributed by atoms with Gasteiger partial charge in [-0.3, -0.25) is 0 Å². The SMILES string of the molecule is COC(C)(C)CCC(CBr)(CBr)C1CCCC1. The van der Waals surface area contributed by atoms with Gasteiger partial charge >= 0.3 is 0 Å². The van der Waals surface area contributed by atoms with E-state index in [0.717, 1.165) is 23.0 Å². The minimum Gasteiger partial charge on any atom is -0.379 e. The summed E-state index contributed by atoms with van der Waals surface area (Å²) in [5.74, 6) is 0.883. The molecule has 1 fully saturated rings. The van der Waals surface area contributed by atoms with Crippen molar-refractivity contribution in [2.75, 3.05) is 17.8 Å². The second-order valence-corrected chi connectivity index (χ2v) is 7.20. The van der Waals surface area contributed by atoms with Gasteiger partial charge in [-0.1, -0.05) is 44.7 Å². The Balaban J connectivity index is 2.64. The van der Waals surface area contributed by atoms with Gasteiger partial charge in [0, 0.05) is 17.8 Å². The van der Waals surface area contributed by atoms with Crippen molar-refractivity contribution in [1.29, 1.82) is 0 Å². The number of alkyl halides is 2. The monoisotopic (exact) mass is 368 g/mol. The third-order valence-corrected chi connectivity index (χ3v) is 6.76. The first-order valence-electron chi connectivity index (χ1n) is 6.67. The van der Waals surface area contributed by atoms with E-state index in [2.05, 4.69) is 45.7 Å². The van der Waals surface area contributed by atoms with E-state index in [9.17, 15) is 0 Å². The molecule has 0 radical (unpaired) electrons. The summed E-state index contributed by atoms with van der Waals surface area (Å²) in [6.45, 7) is 4.38. The van der Waals surface area contributed by atoms with Gasteiger partial charge in [0.25, 0.3) is 0 Å². The molecular formula is C14H26Br2O. The van der Waals surface area contributed by atoms with Gasteiger partial charge in [0.05, 0.1) is 5.60 Å². The van der Waals surface area contributed by atoms with Crippen LogP contribution < -0.4 is 0 Å². The summed E-state index contributed by atoms with van der Waals surface area (Å²) in [5, 5.41) is 2.21. The highest BCUT2D eigenvalue weighted by Crippen LogP contribution is 2.46. The standard InChI is InChI=1S/C14H26Br2O/c1-13(2,17-3)8-9-14(10-15,11-16)12-6-4-5-7-12/h12H,4-11H2,1-3H3. The van der Waals surface area contributed by atoms with Crippen molar-refractivity contribution in [2.45, 2.75) is 58.0 Å². The first kappa shape index (κ1) is 16.0. The van der Waals surface area contributed by atoms with Crippen LogP contribution in [0.5, 0.6) is 0 Å². The van der Waals surface area contributed by atoms with E-state index in [1.54, 1.807) is 0 Å². The normalized spacial score (nSPS) is 18.9. The molecule has 0 spiro atoms. The molecule has 0 amide bonds. The van der Waals surface area contributed by atoms with Gasteiger partial charge in [-0.15, -0.1) is 0 Å². The predicted molar refractivity (Wildman–Crippen MR) is 82.3 cm³/mol. The number of rotatable bonds is 7. The van der Waals surface area contributed by atoms with Crippen LogP contribution in [0.4, 0.5) is 0 Å². The lowest BCUT2D eigenvalue weighted by Crippen LogP contribution is -2.36. The maximum Gasteiger partial charge on any atom is 0.0623 e. The van der Waals surface area contributed by atoms with E-state index in [1.807, 2.05) is 7.11 Å². The van der Waals surface area contributed by atoms with Crippen molar-refractivity contribution in [1.82, 2.24) is 0 Å². The molecule has 1 rings (SSSR count). The first-order valence-corrected chi connectivity index (χ1v) is 8.91. The Bertz CT molecular complexity index is 218. The average molecular weight is 370 g/mol. The molecule has 0 atom stereocenters. The van der Waals surface area contributed by atoms with Crippen LogP contribution in [0.3, 0.4) is 0 Å². The van der Waals surface area contributed by atoms with E-state index in [1.165, 1.54) is 32.1 Å². The van der Waals surface area contributed by atoms with Crippen LogP contribution in [0.2, 0.25) is 0 Å². The third-order valence-electron chi connectivity index (χ3n) is 4.53. The van der Waals surface area contributed by atoms with E-state index in [4.69, 9.17) is 4.74 Å². The first-order chi connectivity index (χ1) is 7.99. The van der Waals surface area contributed by atoms with Crippen LogP contribution in [-0.2, 0) is 4.74 Å². The Morgan fingerprint density at radius 3 is 2.00 bits per heavy atom. The molecule has 0 heterocycles. The fraction of sp³-hybridized carbons (Fsp3) is 1.00. The zero-order chi connectivity index (χ0) is 12.9. The maximum absolute atomic E-state index is 5.55. The summed E-state index contributed by atoms with van der Waals surface area (Å²) >= 11 is 7.52. The summed E-state index contributed by atoms with van der Waals surface area (Å²) in [4.78, 5) is 0. The van der Waals surface area contributed by atoms with Crippen LogP contribution in [0, 0.1) is 11.3 Å². The van der Waals surface area contributed by atoms with Gasteiger partial charge in [-0.2, -0.15) is 0 Å². The predicted octanol–water partition coefficient (Wildman–Crippen LogP) is 5.16. The molecule has 0 unspecified atom stereocenters. The quantitative estimate of drug-likeness (QED) is 0.563. The molecule has 0 aromatic rings. The number of ether oxygens (including phenoxy) is 1. The van der Waals surface area contributed by atoms with Gasteiger partial charge < -0.3 is 4.74 Å². The fourth-order valence-corrected chi connectivity index (χ4v) is 5.19. The lowest BCUT2D eigenvalue weighted by molar-refractivity contribution is 0.00234. The van der Waals surface area contributed by atoms with Crippen molar-refractivity contribution in [3.8, 4) is 0 Å². The second kappa shape index (κ2) is 6.91. The van der Waals surface area contributed by atoms with Crippen molar-refractivity contribution in [2.24, 2.45) is 11.3 Å². The topological polar surface area (TPSA) is 9.23 Å². The third kappa shape index (κ3) is 4.21. The molecule has 1 saturated carbocycles. The molecule has 0 aromatic heterocycles. The summed E-state index contributed by atoms with van der Waals surface area (Å²) in [7, 11) is 1.82. The van der Waals surface area contributed by atoms with Crippen LogP contribution in [0.1, 0.15) is 52.4 Å². The minimum atomic E-state index is 0.00813. The Labute approximate surface area is 123 Å². The summed E-state index contributed by atoms with van der Waals surface area (Å²) in [6, 6.07) is 0. The molecule has 0 bridgehead atoms. The van der Waals surface area contributed by atoms with E-state index in [0.29, 0.717) is 5.41 Å². The lowest BCUT2D eigenvalue weighted by atomic mass is 9.73. The molecule has 0 aromatic carbocycles. The summed E-state index contributed by atoms with van der Waals surface area (Å²) < 4.78 is 5.55. The highest BCUT2D eigenvalue weighted by Gasteiger charge is 2.39. The molecule has 1 nitrogen and oxygen atoms in total. The smallest absolute Gasteiger partial charge is 0.0623 e. The van der Waals surface area contributed by atoms with Crippen LogP contribution in [0.25, 0.3) is 0 Å². The second-order valence-electron chi connectivity index (χ2n) is 6.07. The van der Waals surface area contributed by atoms with Crippen LogP contribution in [0.15, 0.2) is 0 Å². The van der Waals surface area contributed by atoms with Crippen molar-refractivity contribution in [3.63, 3.8) is 0 Å². The number of methoxy groups -OCH3 is 1. The summed E-state index contributed by atoms with van der Waals surface area (Å²) in [5.41, 5.74) is 0.431. The molecule has 17 heavy (non-hydrogen) atoms. The zero-order valence-electron chi connectivity index (χ0n) is 11.4. The molecule has 0 N–H and O–H groups in total. The minimum absolute atomic E-state index is 0.00813. The molecule has 0 saturated heterocycles. The number of hydrogen-bond acceptors (Lipinski definition) is 1. The van der Waals surface area contributed by atoms with Gasteiger partial charge in [0.2, 0.25) is 0 Å². The maximum atomic E-state index is 5.55. The van der Waals surface area contributed by atoms with E-state index < -0.39 is 0 Å². The molecule has 1 aliphatic rings. The average Bonchev–Trinajstić information content (AvgIpc) is 2.85. The van der Waals surface area contributed by atoms with Crippen molar-refractivity contribution in [3.05, 3.63) is 0 Å².